The number of carbonyl (C=O) groups excluding carboxylic acids is 2. The summed E-state index contributed by atoms with van der Waals surface area (Å²) in [5, 5.41) is 7.98. The molecular formula is C18H20ClN5O2. The van der Waals surface area contributed by atoms with Crippen LogP contribution in [0.1, 0.15) is 42.1 Å². The van der Waals surface area contributed by atoms with Crippen LogP contribution in [0, 0.1) is 6.92 Å². The zero-order valence-electron chi connectivity index (χ0n) is 14.5. The molecule has 1 aromatic heterocycles. The highest BCUT2D eigenvalue weighted by Gasteiger charge is 2.38. The van der Waals surface area contributed by atoms with Crippen molar-refractivity contribution in [2.45, 2.75) is 44.7 Å². The molecule has 7 nitrogen and oxygen atoms in total. The number of aryl methyl sites for hydroxylation is 1. The molecule has 26 heavy (non-hydrogen) atoms. The van der Waals surface area contributed by atoms with Gasteiger partial charge in [0.2, 0.25) is 11.7 Å². The van der Waals surface area contributed by atoms with Gasteiger partial charge in [-0.15, -0.1) is 5.10 Å². The molecule has 1 N–H and O–H groups in total. The summed E-state index contributed by atoms with van der Waals surface area (Å²) in [5.74, 6) is 0.360. The second-order valence-corrected chi connectivity index (χ2v) is 7.25. The van der Waals surface area contributed by atoms with Crippen molar-refractivity contribution >= 4 is 23.4 Å². The summed E-state index contributed by atoms with van der Waals surface area (Å²) >= 11 is 5.92. The van der Waals surface area contributed by atoms with E-state index in [9.17, 15) is 9.59 Å². The highest BCUT2D eigenvalue weighted by molar-refractivity contribution is 6.30. The first kappa shape index (κ1) is 17.0. The predicted octanol–water partition coefficient (Wildman–Crippen LogP) is 2.11. The van der Waals surface area contributed by atoms with Crippen molar-refractivity contribution in [2.75, 3.05) is 6.54 Å². The molecule has 4 rings (SSSR count). The minimum Gasteiger partial charge on any atom is -0.352 e. The maximum Gasteiger partial charge on any atom is 0.294 e. The largest absolute Gasteiger partial charge is 0.352 e. The van der Waals surface area contributed by atoms with Gasteiger partial charge < -0.3 is 10.2 Å². The molecule has 1 atom stereocenters. The molecule has 0 bridgehead atoms. The third-order valence-electron chi connectivity index (χ3n) is 4.77. The quantitative estimate of drug-likeness (QED) is 0.890. The maximum atomic E-state index is 12.9. The van der Waals surface area contributed by atoms with E-state index in [1.165, 1.54) is 0 Å². The molecule has 2 heterocycles. The number of nitrogens with one attached hydrogen (secondary N) is 1. The van der Waals surface area contributed by atoms with Gasteiger partial charge in [0.15, 0.2) is 0 Å². The zero-order chi connectivity index (χ0) is 18.3. The summed E-state index contributed by atoms with van der Waals surface area (Å²) in [7, 11) is 0. The van der Waals surface area contributed by atoms with Crippen molar-refractivity contribution in [3.05, 3.63) is 40.9 Å². The molecule has 1 aliphatic heterocycles. The average molecular weight is 374 g/mol. The molecule has 1 unspecified atom stereocenters. The highest BCUT2D eigenvalue weighted by atomic mass is 35.5. The van der Waals surface area contributed by atoms with Crippen LogP contribution >= 0.6 is 11.6 Å². The molecule has 1 saturated heterocycles. The SMILES string of the molecule is Cc1nc(C(=O)N2CCCC2C(=O)NC2CC2)nn1-c1ccc(Cl)cc1. The minimum absolute atomic E-state index is 0.0628. The second kappa shape index (κ2) is 6.72. The van der Waals surface area contributed by atoms with Gasteiger partial charge in [0, 0.05) is 17.6 Å². The molecule has 136 valence electrons. The Balaban J connectivity index is 1.55. The molecule has 2 amide bonds. The van der Waals surface area contributed by atoms with Gasteiger partial charge in [-0.25, -0.2) is 9.67 Å². The summed E-state index contributed by atoms with van der Waals surface area (Å²) in [6, 6.07) is 7.02. The Labute approximate surface area is 156 Å². The number of carbonyl (C=O) groups is 2. The second-order valence-electron chi connectivity index (χ2n) is 6.81. The molecule has 1 aromatic carbocycles. The Kier molecular flexibility index (Phi) is 4.40. The standard InChI is InChI=1S/C18H20ClN5O2/c1-11-20-16(22-24(11)14-8-4-12(19)5-9-14)18(26)23-10-2-3-15(23)17(25)21-13-6-7-13/h4-5,8-9,13,15H,2-3,6-7,10H2,1H3,(H,21,25). The molecule has 2 fully saturated rings. The third kappa shape index (κ3) is 3.31. The van der Waals surface area contributed by atoms with Crippen molar-refractivity contribution in [2.24, 2.45) is 0 Å². The number of nitrogens with zero attached hydrogens (tertiary/aromatic N) is 4. The van der Waals surface area contributed by atoms with Crippen molar-refractivity contribution in [1.82, 2.24) is 25.0 Å². The fourth-order valence-corrected chi connectivity index (χ4v) is 3.37. The predicted molar refractivity (Wildman–Crippen MR) is 96.3 cm³/mol. The van der Waals surface area contributed by atoms with Gasteiger partial charge in [0.25, 0.3) is 5.91 Å². The van der Waals surface area contributed by atoms with E-state index < -0.39 is 6.04 Å². The van der Waals surface area contributed by atoms with Crippen molar-refractivity contribution in [3.63, 3.8) is 0 Å². The lowest BCUT2D eigenvalue weighted by molar-refractivity contribution is -0.125. The van der Waals surface area contributed by atoms with Crippen LogP contribution < -0.4 is 5.32 Å². The Morgan fingerprint density at radius 1 is 1.19 bits per heavy atom. The summed E-state index contributed by atoms with van der Waals surface area (Å²) in [4.78, 5) is 31.2. The lowest BCUT2D eigenvalue weighted by atomic mass is 10.2. The zero-order valence-corrected chi connectivity index (χ0v) is 15.2. The van der Waals surface area contributed by atoms with Gasteiger partial charge in [-0.2, -0.15) is 0 Å². The van der Waals surface area contributed by atoms with Gasteiger partial charge in [0.1, 0.15) is 11.9 Å². The number of aromatic nitrogens is 3. The van der Waals surface area contributed by atoms with Gasteiger partial charge >= 0.3 is 0 Å². The van der Waals surface area contributed by atoms with E-state index in [0.29, 0.717) is 23.8 Å². The van der Waals surface area contributed by atoms with Crippen molar-refractivity contribution in [3.8, 4) is 5.69 Å². The van der Waals surface area contributed by atoms with Gasteiger partial charge in [-0.3, -0.25) is 9.59 Å². The van der Waals surface area contributed by atoms with Crippen molar-refractivity contribution in [1.29, 1.82) is 0 Å². The topological polar surface area (TPSA) is 80.1 Å². The third-order valence-corrected chi connectivity index (χ3v) is 5.02. The molecule has 0 spiro atoms. The van der Waals surface area contributed by atoms with E-state index in [1.807, 2.05) is 12.1 Å². The van der Waals surface area contributed by atoms with Crippen LogP contribution in [0.2, 0.25) is 5.02 Å². The van der Waals surface area contributed by atoms with E-state index in [2.05, 4.69) is 15.4 Å². The van der Waals surface area contributed by atoms with E-state index in [0.717, 1.165) is 24.9 Å². The average Bonchev–Trinajstić information content (AvgIpc) is 3.16. The summed E-state index contributed by atoms with van der Waals surface area (Å²) in [6.45, 7) is 2.34. The molecule has 2 aliphatic rings. The van der Waals surface area contributed by atoms with E-state index in [1.54, 1.807) is 28.6 Å². The van der Waals surface area contributed by atoms with Crippen LogP contribution in [-0.4, -0.2) is 50.1 Å². The lowest BCUT2D eigenvalue weighted by Gasteiger charge is -2.22. The Hall–Kier alpha value is -2.41. The molecule has 8 heteroatoms. The smallest absolute Gasteiger partial charge is 0.294 e. The summed E-state index contributed by atoms with van der Waals surface area (Å²) < 4.78 is 1.61. The first-order valence-corrected chi connectivity index (χ1v) is 9.21. The van der Waals surface area contributed by atoms with Crippen LogP contribution in [0.5, 0.6) is 0 Å². The Bertz CT molecular complexity index is 844. The first-order chi connectivity index (χ1) is 12.5. The van der Waals surface area contributed by atoms with Crippen LogP contribution in [-0.2, 0) is 4.79 Å². The van der Waals surface area contributed by atoms with E-state index >= 15 is 0 Å². The lowest BCUT2D eigenvalue weighted by Crippen LogP contribution is -2.46. The molecule has 1 saturated carbocycles. The number of halogens is 1. The van der Waals surface area contributed by atoms with Crippen LogP contribution in [0.25, 0.3) is 5.69 Å². The maximum absolute atomic E-state index is 12.9. The number of benzene rings is 1. The monoisotopic (exact) mass is 373 g/mol. The number of hydrogen-bond donors (Lipinski definition) is 1. The minimum atomic E-state index is -0.425. The summed E-state index contributed by atoms with van der Waals surface area (Å²) in [6.07, 6.45) is 3.55. The Morgan fingerprint density at radius 2 is 1.92 bits per heavy atom. The first-order valence-electron chi connectivity index (χ1n) is 8.84. The van der Waals surface area contributed by atoms with Crippen LogP contribution in [0.3, 0.4) is 0 Å². The number of hydrogen-bond acceptors (Lipinski definition) is 4. The van der Waals surface area contributed by atoms with Gasteiger partial charge in [-0.1, -0.05) is 11.6 Å². The van der Waals surface area contributed by atoms with Crippen LogP contribution in [0.4, 0.5) is 0 Å². The normalized spacial score (nSPS) is 19.6. The Morgan fingerprint density at radius 3 is 2.62 bits per heavy atom. The van der Waals surface area contributed by atoms with Crippen molar-refractivity contribution < 1.29 is 9.59 Å². The highest BCUT2D eigenvalue weighted by Crippen LogP contribution is 2.23. The molecular weight excluding hydrogens is 354 g/mol. The number of amides is 2. The summed E-state index contributed by atoms with van der Waals surface area (Å²) in [5.41, 5.74) is 0.780. The van der Waals surface area contributed by atoms with Gasteiger partial charge in [-0.05, 0) is 56.9 Å². The van der Waals surface area contributed by atoms with E-state index in [-0.39, 0.29) is 23.7 Å². The fourth-order valence-electron chi connectivity index (χ4n) is 3.24. The van der Waals surface area contributed by atoms with E-state index in [4.69, 9.17) is 11.6 Å². The van der Waals surface area contributed by atoms with Gasteiger partial charge in [0.05, 0.1) is 5.69 Å². The molecule has 0 radical (unpaired) electrons. The fraction of sp³-hybridized carbons (Fsp3) is 0.444. The molecule has 2 aromatic rings. The number of rotatable bonds is 4. The van der Waals surface area contributed by atoms with Crippen LogP contribution in [0.15, 0.2) is 24.3 Å². The number of likely N-dealkylation sites (tertiary alicyclic amines) is 1. The molecule has 1 aliphatic carbocycles.